The smallest absolute Gasteiger partial charge is 0.331 e. The van der Waals surface area contributed by atoms with Gasteiger partial charge >= 0.3 is 5.97 Å². The van der Waals surface area contributed by atoms with Gasteiger partial charge in [-0.2, -0.15) is 0 Å². The average Bonchev–Trinajstić information content (AvgIpc) is 2.48. The lowest BCUT2D eigenvalue weighted by atomic mass is 10.0. The topological polar surface area (TPSA) is 29.5 Å². The number of esters is 1. The monoisotopic (exact) mass is 269 g/mol. The highest BCUT2D eigenvalue weighted by atomic mass is 16.5. The second-order valence-corrected chi connectivity index (χ2v) is 5.06. The quantitative estimate of drug-likeness (QED) is 0.791. The number of carbonyl (C=O) groups is 1. The maximum absolute atomic E-state index is 12.2. The Morgan fingerprint density at radius 1 is 0.900 bits per heavy atom. The first kappa shape index (κ1) is 14.1. The number of hydrogen-bond acceptors (Lipinski definition) is 3. The van der Waals surface area contributed by atoms with Crippen molar-refractivity contribution in [2.45, 2.75) is 19.4 Å². The summed E-state index contributed by atoms with van der Waals surface area (Å²) in [6.07, 6.45) is 0. The summed E-state index contributed by atoms with van der Waals surface area (Å²) in [5.41, 5.74) is 1.11. The van der Waals surface area contributed by atoms with Crippen molar-refractivity contribution in [3.63, 3.8) is 0 Å². The molecule has 0 aliphatic rings. The van der Waals surface area contributed by atoms with Crippen LogP contribution in [-0.4, -0.2) is 18.6 Å². The van der Waals surface area contributed by atoms with Gasteiger partial charge in [-0.25, -0.2) is 4.79 Å². The molecule has 104 valence electrons. The molecule has 0 heterocycles. The van der Waals surface area contributed by atoms with Crippen molar-refractivity contribution < 1.29 is 9.53 Å². The van der Waals surface area contributed by atoms with Crippen LogP contribution in [-0.2, 0) is 9.53 Å². The molecule has 0 bridgehead atoms. The Labute approximate surface area is 119 Å². The molecule has 0 radical (unpaired) electrons. The molecule has 0 atom stereocenters. The van der Waals surface area contributed by atoms with Gasteiger partial charge in [0.2, 0.25) is 0 Å². The van der Waals surface area contributed by atoms with Crippen molar-refractivity contribution in [3.8, 4) is 0 Å². The van der Waals surface area contributed by atoms with Crippen LogP contribution in [0.25, 0.3) is 0 Å². The van der Waals surface area contributed by atoms with Gasteiger partial charge in [-0.15, -0.1) is 0 Å². The fourth-order valence-corrected chi connectivity index (χ4v) is 2.29. The van der Waals surface area contributed by atoms with Gasteiger partial charge in [0, 0.05) is 11.4 Å². The zero-order valence-electron chi connectivity index (χ0n) is 12.0. The second-order valence-electron chi connectivity index (χ2n) is 5.06. The van der Waals surface area contributed by atoms with E-state index in [-0.39, 0.29) is 5.97 Å². The van der Waals surface area contributed by atoms with Crippen molar-refractivity contribution in [1.82, 2.24) is 0 Å². The normalized spacial score (nSPS) is 10.9. The predicted molar refractivity (Wildman–Crippen MR) is 81.1 cm³/mol. The first-order valence-electron chi connectivity index (χ1n) is 6.56. The van der Waals surface area contributed by atoms with E-state index in [1.807, 2.05) is 79.4 Å². The zero-order valence-corrected chi connectivity index (χ0v) is 12.0. The van der Waals surface area contributed by atoms with Gasteiger partial charge in [0.1, 0.15) is 5.54 Å². The largest absolute Gasteiger partial charge is 0.467 e. The van der Waals surface area contributed by atoms with Crippen LogP contribution in [0.4, 0.5) is 11.4 Å². The van der Waals surface area contributed by atoms with Crippen molar-refractivity contribution in [2.24, 2.45) is 0 Å². The average molecular weight is 269 g/mol. The number of carbonyl (C=O) groups excluding carboxylic acids is 1. The first-order valence-corrected chi connectivity index (χ1v) is 6.56. The number of methoxy groups -OCH3 is 1. The lowest BCUT2D eigenvalue weighted by Crippen LogP contribution is -2.48. The van der Waals surface area contributed by atoms with Crippen molar-refractivity contribution in [3.05, 3.63) is 60.7 Å². The van der Waals surface area contributed by atoms with Crippen molar-refractivity contribution >= 4 is 17.3 Å². The van der Waals surface area contributed by atoms with Gasteiger partial charge in [0.15, 0.2) is 0 Å². The lowest BCUT2D eigenvalue weighted by Gasteiger charge is -2.38. The molecule has 2 aromatic rings. The summed E-state index contributed by atoms with van der Waals surface area (Å²) < 4.78 is 4.96. The second kappa shape index (κ2) is 5.78. The Hall–Kier alpha value is -2.29. The number of benzene rings is 2. The summed E-state index contributed by atoms with van der Waals surface area (Å²) in [5, 5.41) is 0. The van der Waals surface area contributed by atoms with Crippen LogP contribution in [0.2, 0.25) is 0 Å². The van der Waals surface area contributed by atoms with Gasteiger partial charge in [-0.3, -0.25) is 0 Å². The summed E-state index contributed by atoms with van der Waals surface area (Å²) in [7, 11) is 1.41. The molecule has 0 aliphatic carbocycles. The highest BCUT2D eigenvalue weighted by molar-refractivity contribution is 5.87. The zero-order chi connectivity index (χ0) is 14.6. The number of nitrogens with zero attached hydrogens (tertiary/aromatic N) is 1. The summed E-state index contributed by atoms with van der Waals surface area (Å²) >= 11 is 0. The SMILES string of the molecule is COC(=O)C(C)(C)N(c1ccccc1)c1ccccc1. The maximum Gasteiger partial charge on any atom is 0.331 e. The van der Waals surface area contributed by atoms with E-state index in [9.17, 15) is 4.79 Å². The van der Waals surface area contributed by atoms with E-state index in [0.717, 1.165) is 11.4 Å². The van der Waals surface area contributed by atoms with Crippen molar-refractivity contribution in [1.29, 1.82) is 0 Å². The first-order chi connectivity index (χ1) is 9.57. The maximum atomic E-state index is 12.2. The number of anilines is 2. The molecule has 0 saturated carbocycles. The Morgan fingerprint density at radius 2 is 1.30 bits per heavy atom. The fraction of sp³-hybridized carbons (Fsp3) is 0.235. The van der Waals surface area contributed by atoms with Crippen LogP contribution in [0.1, 0.15) is 13.8 Å². The van der Waals surface area contributed by atoms with Gasteiger partial charge in [0.05, 0.1) is 7.11 Å². The number of para-hydroxylation sites is 2. The summed E-state index contributed by atoms with van der Waals surface area (Å²) in [4.78, 5) is 14.1. The summed E-state index contributed by atoms with van der Waals surface area (Å²) in [6, 6.07) is 19.7. The lowest BCUT2D eigenvalue weighted by molar-refractivity contribution is -0.145. The highest BCUT2D eigenvalue weighted by Gasteiger charge is 2.37. The van der Waals surface area contributed by atoms with Crippen LogP contribution in [0.15, 0.2) is 60.7 Å². The minimum Gasteiger partial charge on any atom is -0.467 e. The third-order valence-corrected chi connectivity index (χ3v) is 3.27. The van der Waals surface area contributed by atoms with E-state index >= 15 is 0 Å². The minimum atomic E-state index is -0.794. The highest BCUT2D eigenvalue weighted by Crippen LogP contribution is 2.33. The van der Waals surface area contributed by atoms with Crippen LogP contribution in [0.3, 0.4) is 0 Å². The number of rotatable bonds is 4. The van der Waals surface area contributed by atoms with E-state index in [1.165, 1.54) is 7.11 Å². The molecule has 0 spiro atoms. The van der Waals surface area contributed by atoms with Gasteiger partial charge in [-0.05, 0) is 38.1 Å². The van der Waals surface area contributed by atoms with E-state index in [0.29, 0.717) is 0 Å². The molecule has 0 saturated heterocycles. The number of ether oxygens (including phenoxy) is 1. The van der Waals surface area contributed by atoms with E-state index < -0.39 is 5.54 Å². The van der Waals surface area contributed by atoms with Crippen LogP contribution < -0.4 is 4.90 Å². The third-order valence-electron chi connectivity index (χ3n) is 3.27. The Bertz CT molecular complexity index is 525. The molecule has 20 heavy (non-hydrogen) atoms. The molecule has 0 aliphatic heterocycles. The Kier molecular flexibility index (Phi) is 4.08. The standard InChI is InChI=1S/C17H19NO2/c1-17(2,16(19)20-3)18(14-10-6-4-7-11-14)15-12-8-5-9-13-15/h4-13H,1-3H3. The van der Waals surface area contributed by atoms with Gasteiger partial charge in [0.25, 0.3) is 0 Å². The fourth-order valence-electron chi connectivity index (χ4n) is 2.29. The number of hydrogen-bond donors (Lipinski definition) is 0. The van der Waals surface area contributed by atoms with E-state index in [4.69, 9.17) is 4.74 Å². The molecule has 2 rings (SSSR count). The van der Waals surface area contributed by atoms with E-state index in [2.05, 4.69) is 0 Å². The van der Waals surface area contributed by atoms with Gasteiger partial charge < -0.3 is 9.64 Å². The van der Waals surface area contributed by atoms with Crippen LogP contribution in [0, 0.1) is 0 Å². The third kappa shape index (κ3) is 2.67. The predicted octanol–water partition coefficient (Wildman–Crippen LogP) is 3.78. The van der Waals surface area contributed by atoms with Crippen LogP contribution in [0.5, 0.6) is 0 Å². The molecular formula is C17H19NO2. The molecule has 0 aromatic heterocycles. The van der Waals surface area contributed by atoms with Crippen molar-refractivity contribution in [2.75, 3.05) is 12.0 Å². The molecule has 0 unspecified atom stereocenters. The Morgan fingerprint density at radius 3 is 1.65 bits per heavy atom. The summed E-state index contributed by atoms with van der Waals surface area (Å²) in [5.74, 6) is -0.273. The van der Waals surface area contributed by atoms with E-state index in [1.54, 1.807) is 0 Å². The van der Waals surface area contributed by atoms with Gasteiger partial charge in [-0.1, -0.05) is 36.4 Å². The molecular weight excluding hydrogens is 250 g/mol. The molecule has 0 N–H and O–H groups in total. The minimum absolute atomic E-state index is 0.273. The molecule has 3 nitrogen and oxygen atoms in total. The molecule has 2 aromatic carbocycles. The molecule has 0 fully saturated rings. The molecule has 0 amide bonds. The molecule has 3 heteroatoms. The Balaban J connectivity index is 2.54. The van der Waals surface area contributed by atoms with Crippen LogP contribution >= 0.6 is 0 Å². The summed E-state index contributed by atoms with van der Waals surface area (Å²) in [6.45, 7) is 3.72.